The number of nitrogens with zero attached hydrogens (tertiary/aromatic N) is 3. The Morgan fingerprint density at radius 3 is 0.979 bits per heavy atom. The molecular formula is C45H35N3. The maximum Gasteiger partial charge on any atom is 0.0825 e. The van der Waals surface area contributed by atoms with Gasteiger partial charge in [-0.25, -0.2) is 9.98 Å². The van der Waals surface area contributed by atoms with Crippen molar-refractivity contribution >= 4 is 52.9 Å². The van der Waals surface area contributed by atoms with Crippen LogP contribution in [0.1, 0.15) is 44.5 Å². The van der Waals surface area contributed by atoms with Gasteiger partial charge in [0.1, 0.15) is 0 Å². The molecule has 3 nitrogen and oxygen atoms in total. The maximum atomic E-state index is 5.44. The van der Waals surface area contributed by atoms with Gasteiger partial charge in [0.2, 0.25) is 0 Å². The molecule has 0 radical (unpaired) electrons. The van der Waals surface area contributed by atoms with Crippen LogP contribution in [0, 0.1) is 0 Å². The first-order chi connectivity index (χ1) is 23.7. The average Bonchev–Trinajstić information content (AvgIpc) is 3.16. The summed E-state index contributed by atoms with van der Waals surface area (Å²) in [6.45, 7) is 12.8. The highest BCUT2D eigenvalue weighted by molar-refractivity contribution is 6.16. The van der Waals surface area contributed by atoms with Crippen LogP contribution >= 0.6 is 0 Å². The van der Waals surface area contributed by atoms with Crippen LogP contribution in [-0.4, -0.2) is 17.6 Å². The smallest absolute Gasteiger partial charge is 0.0825 e. The SMILES string of the molecule is C=Cc1c(N=Cc2ccccc2)c(C=C)c(N=C(c2ccccc2)c2ccccc2)c(C=C)c1N=C(c1ccccc1)c1ccccc1. The van der Waals surface area contributed by atoms with Gasteiger partial charge in [-0.05, 0) is 5.56 Å². The van der Waals surface area contributed by atoms with Crippen LogP contribution < -0.4 is 0 Å². The normalized spacial score (nSPS) is 10.7. The van der Waals surface area contributed by atoms with Gasteiger partial charge in [-0.2, -0.15) is 0 Å². The molecule has 0 N–H and O–H groups in total. The van der Waals surface area contributed by atoms with Gasteiger partial charge in [0.05, 0.1) is 28.5 Å². The van der Waals surface area contributed by atoms with Crippen LogP contribution in [-0.2, 0) is 0 Å². The highest BCUT2D eigenvalue weighted by Gasteiger charge is 2.22. The van der Waals surface area contributed by atoms with Gasteiger partial charge >= 0.3 is 0 Å². The first-order valence-electron chi connectivity index (χ1n) is 15.8. The summed E-state index contributed by atoms with van der Waals surface area (Å²) in [4.78, 5) is 16.0. The maximum absolute atomic E-state index is 5.44. The van der Waals surface area contributed by atoms with Crippen molar-refractivity contribution in [1.29, 1.82) is 0 Å². The first-order valence-corrected chi connectivity index (χ1v) is 15.8. The summed E-state index contributed by atoms with van der Waals surface area (Å²) < 4.78 is 0. The molecular weight excluding hydrogens is 583 g/mol. The minimum Gasteiger partial charge on any atom is -0.255 e. The van der Waals surface area contributed by atoms with Crippen LogP contribution in [0.4, 0.5) is 17.1 Å². The molecule has 230 valence electrons. The van der Waals surface area contributed by atoms with Crippen LogP contribution in [0.25, 0.3) is 18.2 Å². The second kappa shape index (κ2) is 15.2. The lowest BCUT2D eigenvalue weighted by Crippen LogP contribution is -2.05. The third-order valence-corrected chi connectivity index (χ3v) is 7.92. The fourth-order valence-electron chi connectivity index (χ4n) is 5.61. The van der Waals surface area contributed by atoms with Crippen LogP contribution in [0.5, 0.6) is 0 Å². The predicted octanol–water partition coefficient (Wildman–Crippen LogP) is 11.7. The molecule has 0 unspecified atom stereocenters. The van der Waals surface area contributed by atoms with Gasteiger partial charge in [0, 0.05) is 45.2 Å². The van der Waals surface area contributed by atoms with Crippen molar-refractivity contribution in [2.45, 2.75) is 0 Å². The molecule has 0 aliphatic rings. The Morgan fingerprint density at radius 1 is 0.375 bits per heavy atom. The summed E-state index contributed by atoms with van der Waals surface area (Å²) in [6.07, 6.45) is 7.30. The second-order valence-electron chi connectivity index (χ2n) is 11.0. The van der Waals surface area contributed by atoms with Gasteiger partial charge in [-0.3, -0.25) is 4.99 Å². The highest BCUT2D eigenvalue weighted by Crippen LogP contribution is 2.46. The van der Waals surface area contributed by atoms with Gasteiger partial charge < -0.3 is 0 Å². The largest absolute Gasteiger partial charge is 0.255 e. The molecule has 0 aliphatic heterocycles. The highest BCUT2D eigenvalue weighted by atomic mass is 14.8. The molecule has 3 heteroatoms. The molecule has 0 aliphatic carbocycles. The molecule has 0 amide bonds. The number of rotatable bonds is 11. The summed E-state index contributed by atoms with van der Waals surface area (Å²) >= 11 is 0. The van der Waals surface area contributed by atoms with E-state index in [0.717, 1.165) is 55.9 Å². The van der Waals surface area contributed by atoms with E-state index >= 15 is 0 Å². The standard InChI is InChI=1S/C45H35N3/c1-4-38-43(46-32-33-22-12-7-13-23-33)39(5-2)45(48-42(36-28-18-10-19-29-36)37-30-20-11-21-31-37)40(6-3)44(38)47-41(34-24-14-8-15-25-34)35-26-16-9-17-27-35/h4-32H,1-3H2. The molecule has 6 aromatic carbocycles. The van der Waals surface area contributed by atoms with Crippen LogP contribution in [0.3, 0.4) is 0 Å². The van der Waals surface area contributed by atoms with Crippen molar-refractivity contribution in [3.63, 3.8) is 0 Å². The second-order valence-corrected chi connectivity index (χ2v) is 11.0. The third kappa shape index (κ3) is 6.86. The Labute approximate surface area is 283 Å². The number of hydrogen-bond donors (Lipinski definition) is 0. The van der Waals surface area contributed by atoms with Crippen molar-refractivity contribution in [1.82, 2.24) is 0 Å². The molecule has 48 heavy (non-hydrogen) atoms. The molecule has 0 atom stereocenters. The summed E-state index contributed by atoms with van der Waals surface area (Å²) in [5.74, 6) is 0. The Kier molecular flexibility index (Phi) is 10.00. The number of benzene rings is 6. The van der Waals surface area contributed by atoms with E-state index in [-0.39, 0.29) is 0 Å². The van der Waals surface area contributed by atoms with Crippen molar-refractivity contribution in [2.24, 2.45) is 15.0 Å². The molecule has 0 fully saturated rings. The van der Waals surface area contributed by atoms with Gasteiger partial charge in [0.25, 0.3) is 0 Å². The summed E-state index contributed by atoms with van der Waals surface area (Å²) in [5, 5.41) is 0. The zero-order chi connectivity index (χ0) is 33.1. The van der Waals surface area contributed by atoms with E-state index in [2.05, 4.69) is 68.3 Å². The van der Waals surface area contributed by atoms with E-state index in [4.69, 9.17) is 15.0 Å². The molecule has 0 saturated heterocycles. The van der Waals surface area contributed by atoms with Crippen LogP contribution in [0.15, 0.2) is 186 Å². The molecule has 0 heterocycles. The van der Waals surface area contributed by atoms with Crippen molar-refractivity contribution < 1.29 is 0 Å². The fraction of sp³-hybridized carbons (Fsp3) is 0. The zero-order valence-corrected chi connectivity index (χ0v) is 26.7. The molecule has 6 aromatic rings. The van der Waals surface area contributed by atoms with Gasteiger partial charge in [-0.1, -0.05) is 190 Å². The predicted molar refractivity (Wildman–Crippen MR) is 207 cm³/mol. The third-order valence-electron chi connectivity index (χ3n) is 7.92. The Balaban J connectivity index is 1.74. The Hall–Kier alpha value is -6.45. The molecule has 0 aromatic heterocycles. The van der Waals surface area contributed by atoms with E-state index in [1.165, 1.54) is 0 Å². The van der Waals surface area contributed by atoms with Crippen molar-refractivity contribution in [2.75, 3.05) is 0 Å². The lowest BCUT2D eigenvalue weighted by atomic mass is 9.94. The zero-order valence-electron chi connectivity index (χ0n) is 26.7. The summed E-state index contributed by atoms with van der Waals surface area (Å²) in [7, 11) is 0. The lowest BCUT2D eigenvalue weighted by Gasteiger charge is -2.19. The van der Waals surface area contributed by atoms with Crippen molar-refractivity contribution in [3.8, 4) is 0 Å². The Morgan fingerprint density at radius 2 is 0.667 bits per heavy atom. The summed E-state index contributed by atoms with van der Waals surface area (Å²) in [6, 6.07) is 50.8. The van der Waals surface area contributed by atoms with E-state index in [1.807, 2.05) is 128 Å². The molecule has 6 rings (SSSR count). The van der Waals surface area contributed by atoms with E-state index < -0.39 is 0 Å². The minimum absolute atomic E-state index is 0.674. The summed E-state index contributed by atoms with van der Waals surface area (Å²) in [5.41, 5.74) is 10.8. The first kappa shape index (κ1) is 31.5. The van der Waals surface area contributed by atoms with E-state index in [1.54, 1.807) is 0 Å². The number of hydrogen-bond acceptors (Lipinski definition) is 3. The fourth-order valence-corrected chi connectivity index (χ4v) is 5.61. The average molecular weight is 618 g/mol. The number of aliphatic imine (C=N–C) groups is 3. The molecule has 0 saturated carbocycles. The van der Waals surface area contributed by atoms with Gasteiger partial charge in [0.15, 0.2) is 0 Å². The molecule has 0 spiro atoms. The van der Waals surface area contributed by atoms with Crippen LogP contribution in [0.2, 0.25) is 0 Å². The van der Waals surface area contributed by atoms with Gasteiger partial charge in [-0.15, -0.1) is 0 Å². The lowest BCUT2D eigenvalue weighted by molar-refractivity contribution is 1.37. The van der Waals surface area contributed by atoms with E-state index in [9.17, 15) is 0 Å². The monoisotopic (exact) mass is 617 g/mol. The minimum atomic E-state index is 0.674. The Bertz CT molecular complexity index is 1920. The van der Waals surface area contributed by atoms with Crippen molar-refractivity contribution in [3.05, 3.63) is 216 Å². The topological polar surface area (TPSA) is 37.1 Å². The molecule has 0 bridgehead atoms. The van der Waals surface area contributed by atoms with E-state index in [0.29, 0.717) is 17.1 Å². The quantitative estimate of drug-likeness (QED) is 0.130.